The summed E-state index contributed by atoms with van der Waals surface area (Å²) >= 11 is 0. The van der Waals surface area contributed by atoms with Crippen LogP contribution in [0, 0.1) is 17.8 Å². The van der Waals surface area contributed by atoms with Gasteiger partial charge in [0.25, 0.3) is 0 Å². The smallest absolute Gasteiger partial charge is 0.231 e. The highest BCUT2D eigenvalue weighted by atomic mass is 19.1. The number of nitrogens with two attached hydrogens (primary N) is 1. The van der Waals surface area contributed by atoms with Crippen LogP contribution in [-0.2, 0) is 4.79 Å². The first-order valence-electron chi connectivity index (χ1n) is 11.6. The van der Waals surface area contributed by atoms with Gasteiger partial charge in [0.15, 0.2) is 0 Å². The number of hydrogen-bond acceptors (Lipinski definition) is 6. The highest BCUT2D eigenvalue weighted by Crippen LogP contribution is 2.21. The fourth-order valence-electron chi connectivity index (χ4n) is 4.62. The summed E-state index contributed by atoms with van der Waals surface area (Å²) in [5.74, 6) is -0.348. The number of rotatable bonds is 4. The van der Waals surface area contributed by atoms with Crippen LogP contribution in [0.25, 0.3) is 0 Å². The Balaban J connectivity index is 1.78. The Hall–Kier alpha value is -2.26. The highest BCUT2D eigenvalue weighted by molar-refractivity contribution is 5.81. The first-order chi connectivity index (χ1) is 15.3. The number of allylic oxidation sites excluding steroid dienone is 2. The monoisotopic (exact) mass is 448 g/mol. The third kappa shape index (κ3) is 6.16. The SMILES string of the molecule is CC(C)/C1=C/CC(F)/C=N\C(C)C(C(=O)NC2CNCC=C2C2CNC=[N+](C)C2)C(N)N1. The normalized spacial score (nSPS) is 36.5. The number of amides is 1. The predicted molar refractivity (Wildman–Crippen MR) is 126 cm³/mol. The highest BCUT2D eigenvalue weighted by Gasteiger charge is 2.36. The van der Waals surface area contributed by atoms with Crippen LogP contribution in [0.5, 0.6) is 0 Å². The Morgan fingerprint density at radius 2 is 2.12 bits per heavy atom. The van der Waals surface area contributed by atoms with Gasteiger partial charge in [0.2, 0.25) is 12.2 Å². The predicted octanol–water partition coefficient (Wildman–Crippen LogP) is 0.122. The van der Waals surface area contributed by atoms with Crippen molar-refractivity contribution in [2.75, 3.05) is 33.2 Å². The number of aliphatic imine (C=N–C) groups is 1. The van der Waals surface area contributed by atoms with Gasteiger partial charge < -0.3 is 21.7 Å². The molecule has 0 saturated carbocycles. The van der Waals surface area contributed by atoms with E-state index < -0.39 is 24.3 Å². The van der Waals surface area contributed by atoms with Gasteiger partial charge in [-0.05, 0) is 18.4 Å². The summed E-state index contributed by atoms with van der Waals surface area (Å²) in [6.07, 6.45) is 5.72. The Kier molecular flexibility index (Phi) is 8.42. The van der Waals surface area contributed by atoms with Gasteiger partial charge in [-0.2, -0.15) is 0 Å². The van der Waals surface area contributed by atoms with Gasteiger partial charge in [-0.25, -0.2) is 4.39 Å². The quantitative estimate of drug-likeness (QED) is 0.310. The van der Waals surface area contributed by atoms with Crippen molar-refractivity contribution in [1.82, 2.24) is 21.3 Å². The minimum absolute atomic E-state index is 0.123. The van der Waals surface area contributed by atoms with E-state index in [0.29, 0.717) is 12.5 Å². The lowest BCUT2D eigenvalue weighted by Crippen LogP contribution is -2.58. The van der Waals surface area contributed by atoms with E-state index in [9.17, 15) is 9.18 Å². The molecule has 0 radical (unpaired) electrons. The molecule has 6 atom stereocenters. The van der Waals surface area contributed by atoms with Crippen LogP contribution in [0.4, 0.5) is 4.39 Å². The maximum absolute atomic E-state index is 14.3. The van der Waals surface area contributed by atoms with Gasteiger partial charge in [-0.15, -0.1) is 0 Å². The molecule has 8 nitrogen and oxygen atoms in total. The fourth-order valence-corrected chi connectivity index (χ4v) is 4.62. The zero-order chi connectivity index (χ0) is 23.3. The molecule has 0 saturated heterocycles. The number of nitrogens with one attached hydrogen (secondary N) is 4. The molecule has 3 heterocycles. The van der Waals surface area contributed by atoms with Crippen LogP contribution in [0.3, 0.4) is 0 Å². The van der Waals surface area contributed by atoms with Crippen LogP contribution < -0.4 is 27.0 Å². The van der Waals surface area contributed by atoms with Crippen LogP contribution in [0.15, 0.2) is 28.4 Å². The first-order valence-corrected chi connectivity index (χ1v) is 11.6. The topological polar surface area (TPSA) is 107 Å². The number of nitrogens with zero attached hydrogens (tertiary/aromatic N) is 2. The fraction of sp³-hybridized carbons (Fsp3) is 0.696. The zero-order valence-electron chi connectivity index (χ0n) is 19.6. The molecule has 0 aromatic carbocycles. The molecule has 178 valence electrons. The summed E-state index contributed by atoms with van der Waals surface area (Å²) in [7, 11) is 2.04. The third-order valence-electron chi connectivity index (χ3n) is 6.42. The van der Waals surface area contributed by atoms with Gasteiger partial charge in [-0.3, -0.25) is 19.7 Å². The molecule has 32 heavy (non-hydrogen) atoms. The third-order valence-corrected chi connectivity index (χ3v) is 6.42. The molecule has 0 spiro atoms. The molecule has 9 heteroatoms. The Morgan fingerprint density at radius 3 is 2.84 bits per heavy atom. The van der Waals surface area contributed by atoms with Crippen molar-refractivity contribution in [3.8, 4) is 0 Å². The Morgan fingerprint density at radius 1 is 1.34 bits per heavy atom. The van der Waals surface area contributed by atoms with E-state index in [4.69, 9.17) is 5.73 Å². The maximum Gasteiger partial charge on any atom is 0.231 e. The second kappa shape index (κ2) is 11.0. The van der Waals surface area contributed by atoms with Gasteiger partial charge in [0.1, 0.15) is 6.17 Å². The van der Waals surface area contributed by atoms with Gasteiger partial charge in [-0.1, -0.05) is 26.0 Å². The van der Waals surface area contributed by atoms with Gasteiger partial charge in [0.05, 0.1) is 50.2 Å². The van der Waals surface area contributed by atoms with Crippen molar-refractivity contribution in [3.63, 3.8) is 0 Å². The standard InChI is InChI=1S/C23H38FN7O/c1-14(2)19-6-5-17(24)10-28-15(3)21(22(25)29-19)23(32)30-20-11-26-8-7-18(20)16-9-27-13-31(4)12-16/h6-7,10,13-17,20-22,26,29H,5,8-9,11-12,25H2,1-4H3,(H,30,32)/p+1/b19-6-,28-10-. The van der Waals surface area contributed by atoms with Crippen LogP contribution in [0.2, 0.25) is 0 Å². The molecule has 6 unspecified atom stereocenters. The minimum atomic E-state index is -1.18. The summed E-state index contributed by atoms with van der Waals surface area (Å²) in [5.41, 5.74) is 8.58. The van der Waals surface area contributed by atoms with E-state index in [0.717, 1.165) is 25.3 Å². The van der Waals surface area contributed by atoms with Crippen molar-refractivity contribution in [2.24, 2.45) is 28.5 Å². The zero-order valence-corrected chi connectivity index (χ0v) is 19.6. The van der Waals surface area contributed by atoms with Crippen molar-refractivity contribution in [3.05, 3.63) is 23.4 Å². The van der Waals surface area contributed by atoms with E-state index >= 15 is 0 Å². The van der Waals surface area contributed by atoms with E-state index in [2.05, 4.69) is 36.9 Å². The van der Waals surface area contributed by atoms with E-state index in [1.807, 2.05) is 40.2 Å². The molecule has 0 fully saturated rings. The summed E-state index contributed by atoms with van der Waals surface area (Å²) in [4.78, 5) is 17.8. The largest absolute Gasteiger partial charge is 0.373 e. The second-order valence-corrected chi connectivity index (χ2v) is 9.40. The molecular formula is C23H39FN7O+. The van der Waals surface area contributed by atoms with Crippen LogP contribution in [-0.4, -0.2) is 80.7 Å². The lowest BCUT2D eigenvalue weighted by atomic mass is 9.88. The summed E-state index contributed by atoms with van der Waals surface area (Å²) < 4.78 is 16.4. The second-order valence-electron chi connectivity index (χ2n) is 9.40. The molecule has 3 aliphatic heterocycles. The molecule has 3 rings (SSSR count). The van der Waals surface area contributed by atoms with Crippen molar-refractivity contribution >= 4 is 18.5 Å². The number of halogens is 1. The van der Waals surface area contributed by atoms with Crippen LogP contribution >= 0.6 is 0 Å². The van der Waals surface area contributed by atoms with Crippen molar-refractivity contribution < 1.29 is 13.8 Å². The Bertz CT molecular complexity index is 791. The molecule has 0 aromatic heterocycles. The van der Waals surface area contributed by atoms with E-state index in [1.165, 1.54) is 11.8 Å². The lowest BCUT2D eigenvalue weighted by molar-refractivity contribution is -0.504. The molecule has 6 N–H and O–H groups in total. The maximum atomic E-state index is 14.3. The lowest BCUT2D eigenvalue weighted by Gasteiger charge is -2.35. The molecule has 0 aromatic rings. The summed E-state index contributed by atoms with van der Waals surface area (Å²) in [5, 5.41) is 13.2. The number of hydrogen-bond donors (Lipinski definition) is 5. The Labute approximate surface area is 190 Å². The van der Waals surface area contributed by atoms with Crippen molar-refractivity contribution in [2.45, 2.75) is 51.6 Å². The number of alkyl halides is 1. The molecule has 0 aliphatic carbocycles. The van der Waals surface area contributed by atoms with E-state index in [1.54, 1.807) is 0 Å². The van der Waals surface area contributed by atoms with Crippen molar-refractivity contribution in [1.29, 1.82) is 0 Å². The average Bonchev–Trinajstić information content (AvgIpc) is 2.75. The molecular weight excluding hydrogens is 409 g/mol. The van der Waals surface area contributed by atoms with Gasteiger partial charge >= 0.3 is 0 Å². The number of carbonyl (C=O) groups is 1. The minimum Gasteiger partial charge on any atom is -0.373 e. The average molecular weight is 449 g/mol. The molecule has 3 aliphatic rings. The molecule has 0 bridgehead atoms. The first kappa shape index (κ1) is 24.4. The van der Waals surface area contributed by atoms with E-state index in [-0.39, 0.29) is 24.3 Å². The van der Waals surface area contributed by atoms with Gasteiger partial charge in [0, 0.05) is 31.4 Å². The van der Waals surface area contributed by atoms with Crippen LogP contribution in [0.1, 0.15) is 27.2 Å². The molecule has 1 amide bonds. The number of carbonyl (C=O) groups excluding carboxylic acids is 1. The summed E-state index contributed by atoms with van der Waals surface area (Å²) in [6, 6.07) is -0.578. The summed E-state index contributed by atoms with van der Waals surface area (Å²) in [6.45, 7) is 9.06.